The summed E-state index contributed by atoms with van der Waals surface area (Å²) in [4.78, 5) is 13.4. The van der Waals surface area contributed by atoms with Crippen molar-refractivity contribution in [3.63, 3.8) is 0 Å². The van der Waals surface area contributed by atoms with Crippen LogP contribution in [-0.4, -0.2) is 17.9 Å². The highest BCUT2D eigenvalue weighted by Gasteiger charge is 2.22. The summed E-state index contributed by atoms with van der Waals surface area (Å²) in [6.07, 6.45) is 0. The van der Waals surface area contributed by atoms with Gasteiger partial charge in [-0.2, -0.15) is 0 Å². The summed E-state index contributed by atoms with van der Waals surface area (Å²) in [5, 5.41) is 0.523. The van der Waals surface area contributed by atoms with Crippen LogP contribution >= 0.6 is 11.6 Å². The molecule has 2 N–H and O–H groups in total. The van der Waals surface area contributed by atoms with E-state index in [1.54, 1.807) is 24.3 Å². The second kappa shape index (κ2) is 6.10. The maximum absolute atomic E-state index is 13.8. The third-order valence-electron chi connectivity index (χ3n) is 2.99. The van der Waals surface area contributed by atoms with Gasteiger partial charge >= 0.3 is 0 Å². The van der Waals surface area contributed by atoms with Gasteiger partial charge in [0.2, 0.25) is 0 Å². The summed E-state index contributed by atoms with van der Waals surface area (Å²) in [6.45, 7) is 0.174. The smallest absolute Gasteiger partial charge is 0.259 e. The van der Waals surface area contributed by atoms with Crippen molar-refractivity contribution in [3.8, 4) is 0 Å². The molecule has 0 radical (unpaired) electrons. The number of nitrogen functional groups attached to an aromatic ring is 1. The molecule has 0 aliphatic rings. The van der Waals surface area contributed by atoms with Gasteiger partial charge in [-0.25, -0.2) is 8.78 Å². The van der Waals surface area contributed by atoms with E-state index < -0.39 is 23.1 Å². The van der Waals surface area contributed by atoms with Crippen LogP contribution in [0.5, 0.6) is 0 Å². The van der Waals surface area contributed by atoms with Gasteiger partial charge in [-0.05, 0) is 29.8 Å². The number of benzene rings is 2. The third-order valence-corrected chi connectivity index (χ3v) is 3.23. The third kappa shape index (κ3) is 3.31. The molecule has 0 atom stereocenters. The van der Waals surface area contributed by atoms with Crippen LogP contribution in [0.1, 0.15) is 15.9 Å². The first-order valence-electron chi connectivity index (χ1n) is 6.13. The molecule has 0 saturated heterocycles. The van der Waals surface area contributed by atoms with Crippen LogP contribution in [0.2, 0.25) is 5.02 Å². The Balaban J connectivity index is 2.26. The Morgan fingerprint density at radius 1 is 1.29 bits per heavy atom. The van der Waals surface area contributed by atoms with E-state index in [9.17, 15) is 13.6 Å². The van der Waals surface area contributed by atoms with Gasteiger partial charge in [0.1, 0.15) is 11.4 Å². The number of nitrogens with zero attached hydrogens (tertiary/aromatic N) is 1. The van der Waals surface area contributed by atoms with Crippen LogP contribution in [0.15, 0.2) is 36.4 Å². The summed E-state index contributed by atoms with van der Waals surface area (Å²) in [5.74, 6) is -2.76. The lowest BCUT2D eigenvalue weighted by atomic mass is 10.1. The van der Waals surface area contributed by atoms with E-state index in [4.69, 9.17) is 17.3 Å². The molecule has 0 aliphatic carbocycles. The average Bonchev–Trinajstić information content (AvgIpc) is 2.43. The number of hydrogen-bond donors (Lipinski definition) is 1. The van der Waals surface area contributed by atoms with Crippen molar-refractivity contribution in [2.75, 3.05) is 12.8 Å². The lowest BCUT2D eigenvalue weighted by molar-refractivity contribution is 0.0775. The summed E-state index contributed by atoms with van der Waals surface area (Å²) < 4.78 is 27.5. The molecule has 0 aliphatic heterocycles. The minimum absolute atomic E-state index is 0.174. The zero-order chi connectivity index (χ0) is 15.6. The highest BCUT2D eigenvalue weighted by Crippen LogP contribution is 2.21. The highest BCUT2D eigenvalue weighted by molar-refractivity contribution is 6.30. The first-order chi connectivity index (χ1) is 9.90. The fraction of sp³-hybridized carbons (Fsp3) is 0.133. The van der Waals surface area contributed by atoms with Crippen LogP contribution < -0.4 is 5.73 Å². The predicted molar refractivity (Wildman–Crippen MR) is 78.0 cm³/mol. The lowest BCUT2D eigenvalue weighted by Gasteiger charge is -2.18. The largest absolute Gasteiger partial charge is 0.396 e. The topological polar surface area (TPSA) is 46.3 Å². The molecule has 0 unspecified atom stereocenters. The van der Waals surface area contributed by atoms with Crippen molar-refractivity contribution in [3.05, 3.63) is 64.2 Å². The SMILES string of the molecule is CN(Cc1cccc(Cl)c1)C(=O)c1c(F)ccc(N)c1F. The first kappa shape index (κ1) is 15.3. The van der Waals surface area contributed by atoms with Gasteiger partial charge in [-0.1, -0.05) is 23.7 Å². The summed E-state index contributed by atoms with van der Waals surface area (Å²) in [7, 11) is 1.45. The monoisotopic (exact) mass is 310 g/mol. The maximum Gasteiger partial charge on any atom is 0.259 e. The highest BCUT2D eigenvalue weighted by atomic mass is 35.5. The molecule has 1 amide bonds. The number of halogens is 3. The van der Waals surface area contributed by atoms with Crippen LogP contribution in [0.4, 0.5) is 14.5 Å². The average molecular weight is 311 g/mol. The maximum atomic E-state index is 13.8. The van der Waals surface area contributed by atoms with Crippen LogP contribution in [0.3, 0.4) is 0 Å². The quantitative estimate of drug-likeness (QED) is 0.882. The van der Waals surface area contributed by atoms with E-state index in [1.807, 2.05) is 0 Å². The van der Waals surface area contributed by atoms with Crippen molar-refractivity contribution in [1.82, 2.24) is 4.90 Å². The lowest BCUT2D eigenvalue weighted by Crippen LogP contribution is -2.28. The Kier molecular flexibility index (Phi) is 4.43. The summed E-state index contributed by atoms with van der Waals surface area (Å²) >= 11 is 5.86. The molecule has 0 spiro atoms. The molecule has 0 fully saturated rings. The van der Waals surface area contributed by atoms with Crippen LogP contribution in [-0.2, 0) is 6.54 Å². The predicted octanol–water partition coefficient (Wildman–Crippen LogP) is 3.47. The Hall–Kier alpha value is -2.14. The molecule has 0 heterocycles. The van der Waals surface area contributed by atoms with Gasteiger partial charge in [0.25, 0.3) is 5.91 Å². The number of carbonyl (C=O) groups is 1. The molecule has 0 saturated carbocycles. The van der Waals surface area contributed by atoms with E-state index in [-0.39, 0.29) is 12.2 Å². The minimum Gasteiger partial charge on any atom is -0.396 e. The Morgan fingerprint density at radius 2 is 2.00 bits per heavy atom. The second-order valence-electron chi connectivity index (χ2n) is 4.62. The molecule has 0 aromatic heterocycles. The number of nitrogens with two attached hydrogens (primary N) is 1. The van der Waals surface area contributed by atoms with Gasteiger partial charge in [0.05, 0.1) is 5.69 Å². The van der Waals surface area contributed by atoms with Gasteiger partial charge in [-0.3, -0.25) is 4.79 Å². The Bertz CT molecular complexity index is 691. The van der Waals surface area contributed by atoms with Crippen molar-refractivity contribution >= 4 is 23.2 Å². The molecular weight excluding hydrogens is 298 g/mol. The van der Waals surface area contributed by atoms with Crippen molar-refractivity contribution in [2.45, 2.75) is 6.54 Å². The van der Waals surface area contributed by atoms with Gasteiger partial charge in [-0.15, -0.1) is 0 Å². The molecule has 110 valence electrons. The zero-order valence-corrected chi connectivity index (χ0v) is 12.0. The fourth-order valence-corrected chi connectivity index (χ4v) is 2.15. The first-order valence-corrected chi connectivity index (χ1v) is 6.51. The summed E-state index contributed by atoms with van der Waals surface area (Å²) in [5.41, 5.74) is 5.20. The zero-order valence-electron chi connectivity index (χ0n) is 11.2. The van der Waals surface area contributed by atoms with Crippen LogP contribution in [0.25, 0.3) is 0 Å². The standard InChI is InChI=1S/C15H13ClF2N2O/c1-20(8-9-3-2-4-10(16)7-9)15(21)13-11(17)5-6-12(19)14(13)18/h2-7H,8,19H2,1H3. The molecule has 0 bridgehead atoms. The molecule has 2 rings (SSSR count). The van der Waals surface area contributed by atoms with Gasteiger partial charge in [0.15, 0.2) is 5.82 Å². The van der Waals surface area contributed by atoms with E-state index in [1.165, 1.54) is 11.9 Å². The number of anilines is 1. The van der Waals surface area contributed by atoms with Crippen molar-refractivity contribution < 1.29 is 13.6 Å². The normalized spacial score (nSPS) is 10.5. The van der Waals surface area contributed by atoms with Crippen LogP contribution in [0, 0.1) is 11.6 Å². The second-order valence-corrected chi connectivity index (χ2v) is 5.05. The van der Waals surface area contributed by atoms with Crippen molar-refractivity contribution in [2.24, 2.45) is 0 Å². The van der Waals surface area contributed by atoms with E-state index >= 15 is 0 Å². The molecule has 2 aromatic carbocycles. The molecular formula is C15H13ClF2N2O. The van der Waals surface area contributed by atoms with E-state index in [0.29, 0.717) is 5.02 Å². The Morgan fingerprint density at radius 3 is 2.67 bits per heavy atom. The summed E-state index contributed by atoms with van der Waals surface area (Å²) in [6, 6.07) is 8.93. The fourth-order valence-electron chi connectivity index (χ4n) is 1.94. The van der Waals surface area contributed by atoms with Crippen molar-refractivity contribution in [1.29, 1.82) is 0 Å². The number of carbonyl (C=O) groups excluding carboxylic acids is 1. The molecule has 3 nitrogen and oxygen atoms in total. The molecule has 6 heteroatoms. The molecule has 21 heavy (non-hydrogen) atoms. The van der Waals surface area contributed by atoms with Gasteiger partial charge in [0, 0.05) is 18.6 Å². The molecule has 2 aromatic rings. The minimum atomic E-state index is -1.04. The number of amides is 1. The van der Waals surface area contributed by atoms with E-state index in [0.717, 1.165) is 17.7 Å². The number of rotatable bonds is 3. The Labute approximate surface area is 125 Å². The van der Waals surface area contributed by atoms with E-state index in [2.05, 4.69) is 0 Å². The van der Waals surface area contributed by atoms with Gasteiger partial charge < -0.3 is 10.6 Å². The number of hydrogen-bond acceptors (Lipinski definition) is 2.